The summed E-state index contributed by atoms with van der Waals surface area (Å²) in [4.78, 5) is 10.5. The summed E-state index contributed by atoms with van der Waals surface area (Å²) in [5.41, 5.74) is 0. The summed E-state index contributed by atoms with van der Waals surface area (Å²) in [6, 6.07) is 0. The molecule has 0 N–H and O–H groups in total. The van der Waals surface area contributed by atoms with Gasteiger partial charge in [-0.05, 0) is 25.3 Å². The summed E-state index contributed by atoms with van der Waals surface area (Å²) in [5.74, 6) is 5.78. The van der Waals surface area contributed by atoms with E-state index < -0.39 is 0 Å². The van der Waals surface area contributed by atoms with Crippen LogP contribution in [0.2, 0.25) is 0 Å². The predicted molar refractivity (Wildman–Crippen MR) is 66.9 cm³/mol. The summed E-state index contributed by atoms with van der Waals surface area (Å²) in [6.07, 6.45) is 10.5. The van der Waals surface area contributed by atoms with Crippen LogP contribution in [0, 0.1) is 11.8 Å². The normalized spacial score (nSPS) is 9.88. The van der Waals surface area contributed by atoms with Gasteiger partial charge >= 0.3 is 5.97 Å². The van der Waals surface area contributed by atoms with Crippen LogP contribution in [-0.4, -0.2) is 12.6 Å². The van der Waals surface area contributed by atoms with Gasteiger partial charge in [0.1, 0.15) is 0 Å². The molecule has 0 atom stereocenters. The maximum Gasteiger partial charge on any atom is 0.302 e. The summed E-state index contributed by atoms with van der Waals surface area (Å²) in [6.45, 7) is 4.05. The lowest BCUT2D eigenvalue weighted by atomic mass is 10.1. The van der Waals surface area contributed by atoms with Crippen LogP contribution in [0.4, 0.5) is 0 Å². The highest BCUT2D eigenvalue weighted by molar-refractivity contribution is 5.65. The maximum atomic E-state index is 10.5. The summed E-state index contributed by atoms with van der Waals surface area (Å²) in [5, 5.41) is 0. The number of esters is 1. The lowest BCUT2D eigenvalue weighted by molar-refractivity contribution is -0.141. The molecule has 90 valence electrons. The van der Waals surface area contributed by atoms with E-state index in [-0.39, 0.29) is 5.97 Å². The first-order chi connectivity index (χ1) is 7.77. The van der Waals surface area contributed by atoms with Crippen LogP contribution in [0.25, 0.3) is 0 Å². The van der Waals surface area contributed by atoms with E-state index in [1.807, 2.05) is 13.0 Å². The van der Waals surface area contributed by atoms with Crippen LogP contribution >= 0.6 is 0 Å². The Hall–Kier alpha value is -1.23. The Morgan fingerprint density at radius 1 is 1.25 bits per heavy atom. The number of carbonyl (C=O) groups excluding carboxylic acids is 1. The van der Waals surface area contributed by atoms with Crippen molar-refractivity contribution >= 4 is 5.97 Å². The van der Waals surface area contributed by atoms with Crippen molar-refractivity contribution < 1.29 is 9.53 Å². The quantitative estimate of drug-likeness (QED) is 0.374. The fourth-order valence-electron chi connectivity index (χ4n) is 1.24. The molecule has 0 fully saturated rings. The molecule has 0 radical (unpaired) electrons. The third-order valence-corrected chi connectivity index (χ3v) is 2.05. The smallest absolute Gasteiger partial charge is 0.302 e. The largest absolute Gasteiger partial charge is 0.466 e. The minimum Gasteiger partial charge on any atom is -0.466 e. The molecule has 0 heterocycles. The van der Waals surface area contributed by atoms with Gasteiger partial charge < -0.3 is 4.74 Å². The zero-order valence-corrected chi connectivity index (χ0v) is 10.4. The molecule has 0 unspecified atom stereocenters. The van der Waals surface area contributed by atoms with E-state index in [1.54, 1.807) is 0 Å². The van der Waals surface area contributed by atoms with Crippen LogP contribution < -0.4 is 0 Å². The second-order valence-electron chi connectivity index (χ2n) is 3.62. The first-order valence-electron chi connectivity index (χ1n) is 6.04. The van der Waals surface area contributed by atoms with Crippen molar-refractivity contribution in [1.29, 1.82) is 0 Å². The summed E-state index contributed by atoms with van der Waals surface area (Å²) >= 11 is 0. The Kier molecular flexibility index (Phi) is 10.9. The highest BCUT2D eigenvalue weighted by atomic mass is 16.5. The molecular formula is C14H22O2. The summed E-state index contributed by atoms with van der Waals surface area (Å²) < 4.78 is 4.84. The van der Waals surface area contributed by atoms with E-state index in [4.69, 9.17) is 4.74 Å². The molecule has 0 bridgehead atoms. The molecule has 0 rings (SSSR count). The molecule has 0 aromatic carbocycles. The van der Waals surface area contributed by atoms with Gasteiger partial charge in [0.2, 0.25) is 0 Å². The van der Waals surface area contributed by atoms with Crippen LogP contribution in [-0.2, 0) is 9.53 Å². The standard InChI is InChI=1S/C14H22O2/c1-3-4-5-6-7-8-9-10-11-12-13-16-14(2)15/h6-7H,3,8-13H2,1-2H3/b7-6+. The minimum atomic E-state index is -0.183. The Morgan fingerprint density at radius 2 is 2.00 bits per heavy atom. The summed E-state index contributed by atoms with van der Waals surface area (Å²) in [7, 11) is 0. The number of hydrogen-bond donors (Lipinski definition) is 0. The third kappa shape index (κ3) is 12.8. The fraction of sp³-hybridized carbons (Fsp3) is 0.643. The highest BCUT2D eigenvalue weighted by Gasteiger charge is 1.92. The van der Waals surface area contributed by atoms with Gasteiger partial charge in [-0.2, -0.15) is 0 Å². The molecule has 0 saturated carbocycles. The van der Waals surface area contributed by atoms with Gasteiger partial charge in [-0.15, -0.1) is 0 Å². The van der Waals surface area contributed by atoms with Crippen LogP contribution in [0.5, 0.6) is 0 Å². The molecule has 2 heteroatoms. The predicted octanol–water partition coefficient (Wildman–Crippen LogP) is 3.47. The van der Waals surface area contributed by atoms with E-state index in [9.17, 15) is 4.79 Å². The highest BCUT2D eigenvalue weighted by Crippen LogP contribution is 2.03. The van der Waals surface area contributed by atoms with Gasteiger partial charge in [0.25, 0.3) is 0 Å². The van der Waals surface area contributed by atoms with E-state index in [2.05, 4.69) is 17.9 Å². The number of rotatable bonds is 7. The van der Waals surface area contributed by atoms with Gasteiger partial charge in [0.15, 0.2) is 0 Å². The molecule has 0 aliphatic heterocycles. The molecule has 0 aliphatic carbocycles. The SMILES string of the molecule is CCC#C/C=C/CCCCCCOC(C)=O. The number of unbranched alkanes of at least 4 members (excludes halogenated alkanes) is 4. The lowest BCUT2D eigenvalue weighted by Crippen LogP contribution is -1.99. The van der Waals surface area contributed by atoms with Crippen molar-refractivity contribution in [3.05, 3.63) is 12.2 Å². The molecule has 2 nitrogen and oxygen atoms in total. The third-order valence-electron chi connectivity index (χ3n) is 2.05. The molecule has 0 saturated heterocycles. The molecule has 0 aromatic rings. The number of allylic oxidation sites excluding steroid dienone is 2. The number of ether oxygens (including phenoxy) is 1. The van der Waals surface area contributed by atoms with Gasteiger partial charge in [0.05, 0.1) is 6.61 Å². The first kappa shape index (κ1) is 14.8. The monoisotopic (exact) mass is 222 g/mol. The van der Waals surface area contributed by atoms with Crippen LogP contribution in [0.15, 0.2) is 12.2 Å². The fourth-order valence-corrected chi connectivity index (χ4v) is 1.24. The lowest BCUT2D eigenvalue weighted by Gasteiger charge is -2.00. The Balaban J connectivity index is 3.15. The van der Waals surface area contributed by atoms with Gasteiger partial charge in [-0.1, -0.05) is 37.7 Å². The Labute approximate surface area is 99.1 Å². The minimum absolute atomic E-state index is 0.183. The zero-order valence-electron chi connectivity index (χ0n) is 10.4. The molecule has 0 spiro atoms. The van der Waals surface area contributed by atoms with Crippen molar-refractivity contribution in [3.63, 3.8) is 0 Å². The van der Waals surface area contributed by atoms with Crippen molar-refractivity contribution in [2.75, 3.05) is 6.61 Å². The molecule has 0 aliphatic rings. The van der Waals surface area contributed by atoms with E-state index in [0.717, 1.165) is 25.7 Å². The van der Waals surface area contributed by atoms with Crippen molar-refractivity contribution in [1.82, 2.24) is 0 Å². The van der Waals surface area contributed by atoms with Gasteiger partial charge in [-0.25, -0.2) is 0 Å². The first-order valence-corrected chi connectivity index (χ1v) is 6.04. The average molecular weight is 222 g/mol. The van der Waals surface area contributed by atoms with Gasteiger partial charge in [0, 0.05) is 13.3 Å². The van der Waals surface area contributed by atoms with E-state index >= 15 is 0 Å². The van der Waals surface area contributed by atoms with Crippen molar-refractivity contribution in [2.24, 2.45) is 0 Å². The molecular weight excluding hydrogens is 200 g/mol. The molecule has 16 heavy (non-hydrogen) atoms. The number of carbonyl (C=O) groups is 1. The van der Waals surface area contributed by atoms with Crippen LogP contribution in [0.3, 0.4) is 0 Å². The topological polar surface area (TPSA) is 26.3 Å². The second-order valence-corrected chi connectivity index (χ2v) is 3.62. The Morgan fingerprint density at radius 3 is 2.69 bits per heavy atom. The zero-order chi connectivity index (χ0) is 12.1. The average Bonchev–Trinajstić information content (AvgIpc) is 2.25. The molecule has 0 amide bonds. The van der Waals surface area contributed by atoms with E-state index in [0.29, 0.717) is 6.61 Å². The van der Waals surface area contributed by atoms with E-state index in [1.165, 1.54) is 19.8 Å². The second kappa shape index (κ2) is 11.8. The molecule has 0 aromatic heterocycles. The maximum absolute atomic E-state index is 10.5. The number of hydrogen-bond acceptors (Lipinski definition) is 2. The van der Waals surface area contributed by atoms with Crippen LogP contribution in [0.1, 0.15) is 52.4 Å². The Bertz CT molecular complexity index is 256. The van der Waals surface area contributed by atoms with Gasteiger partial charge in [-0.3, -0.25) is 4.79 Å². The van der Waals surface area contributed by atoms with Crippen molar-refractivity contribution in [2.45, 2.75) is 52.4 Å². The van der Waals surface area contributed by atoms with Crippen molar-refractivity contribution in [3.8, 4) is 11.8 Å².